The predicted octanol–water partition coefficient (Wildman–Crippen LogP) is 0.562. The maximum atomic E-state index is 12.1. The Balaban J connectivity index is 2.24. The van der Waals surface area contributed by atoms with Gasteiger partial charge in [-0.1, -0.05) is 0 Å². The van der Waals surface area contributed by atoms with Crippen LogP contribution in [0.1, 0.15) is 19.8 Å². The van der Waals surface area contributed by atoms with E-state index in [9.17, 15) is 4.79 Å². The molecule has 0 aliphatic carbocycles. The summed E-state index contributed by atoms with van der Waals surface area (Å²) in [4.78, 5) is 14.3. The molecule has 0 amide bonds. The van der Waals surface area contributed by atoms with Gasteiger partial charge in [0.15, 0.2) is 0 Å². The second-order valence-electron chi connectivity index (χ2n) is 5.30. The molecular formula is C13H21BrN4O2. The SMILES string of the molecule is CC(N)C1CCCN(c2cnn(CCO)c(=O)c2Br)C1. The van der Waals surface area contributed by atoms with Crippen LogP contribution in [-0.2, 0) is 6.54 Å². The molecule has 112 valence electrons. The molecule has 2 rings (SSSR count). The van der Waals surface area contributed by atoms with E-state index in [-0.39, 0.29) is 24.8 Å². The number of nitrogens with two attached hydrogens (primary N) is 1. The van der Waals surface area contributed by atoms with Crippen LogP contribution in [0.4, 0.5) is 5.69 Å². The lowest BCUT2D eigenvalue weighted by Gasteiger charge is -2.36. The Hall–Kier alpha value is -0.920. The van der Waals surface area contributed by atoms with E-state index >= 15 is 0 Å². The molecule has 0 aromatic carbocycles. The minimum atomic E-state index is -0.209. The zero-order valence-electron chi connectivity index (χ0n) is 11.6. The molecule has 2 unspecified atom stereocenters. The minimum Gasteiger partial charge on any atom is -0.394 e. The van der Waals surface area contributed by atoms with Gasteiger partial charge in [-0.2, -0.15) is 5.10 Å². The van der Waals surface area contributed by atoms with Crippen molar-refractivity contribution in [2.75, 3.05) is 24.6 Å². The van der Waals surface area contributed by atoms with Gasteiger partial charge in [-0.05, 0) is 41.6 Å². The van der Waals surface area contributed by atoms with E-state index in [1.807, 2.05) is 6.92 Å². The summed E-state index contributed by atoms with van der Waals surface area (Å²) >= 11 is 3.37. The van der Waals surface area contributed by atoms with Crippen molar-refractivity contribution in [1.29, 1.82) is 0 Å². The van der Waals surface area contributed by atoms with Crippen molar-refractivity contribution in [1.82, 2.24) is 9.78 Å². The van der Waals surface area contributed by atoms with Crippen molar-refractivity contribution in [3.63, 3.8) is 0 Å². The van der Waals surface area contributed by atoms with E-state index in [4.69, 9.17) is 10.8 Å². The van der Waals surface area contributed by atoms with Crippen LogP contribution in [0.3, 0.4) is 0 Å². The smallest absolute Gasteiger partial charge is 0.283 e. The van der Waals surface area contributed by atoms with Gasteiger partial charge in [0, 0.05) is 19.1 Å². The first kappa shape index (κ1) is 15.5. The summed E-state index contributed by atoms with van der Waals surface area (Å²) in [6.07, 6.45) is 3.88. The molecule has 1 aliphatic rings. The van der Waals surface area contributed by atoms with Gasteiger partial charge in [0.2, 0.25) is 0 Å². The van der Waals surface area contributed by atoms with Gasteiger partial charge < -0.3 is 15.7 Å². The molecule has 1 fully saturated rings. The lowest BCUT2D eigenvalue weighted by molar-refractivity contribution is 0.266. The largest absolute Gasteiger partial charge is 0.394 e. The van der Waals surface area contributed by atoms with Gasteiger partial charge >= 0.3 is 0 Å². The van der Waals surface area contributed by atoms with E-state index in [1.165, 1.54) is 4.68 Å². The summed E-state index contributed by atoms with van der Waals surface area (Å²) < 4.78 is 1.77. The molecule has 1 aromatic heterocycles. The maximum Gasteiger partial charge on any atom is 0.283 e. The van der Waals surface area contributed by atoms with Gasteiger partial charge in [0.25, 0.3) is 5.56 Å². The van der Waals surface area contributed by atoms with Crippen LogP contribution >= 0.6 is 15.9 Å². The third-order valence-corrected chi connectivity index (χ3v) is 4.57. The van der Waals surface area contributed by atoms with Crippen molar-refractivity contribution >= 4 is 21.6 Å². The molecular weight excluding hydrogens is 324 g/mol. The number of halogens is 1. The van der Waals surface area contributed by atoms with Crippen LogP contribution in [0, 0.1) is 5.92 Å². The van der Waals surface area contributed by atoms with Crippen LogP contribution in [-0.4, -0.2) is 40.6 Å². The van der Waals surface area contributed by atoms with Crippen LogP contribution in [0.15, 0.2) is 15.5 Å². The molecule has 0 spiro atoms. The summed E-state index contributed by atoms with van der Waals surface area (Å²) in [5.41, 5.74) is 6.60. The van der Waals surface area contributed by atoms with Crippen LogP contribution in [0.5, 0.6) is 0 Å². The van der Waals surface area contributed by atoms with Gasteiger partial charge in [-0.3, -0.25) is 4.79 Å². The second-order valence-corrected chi connectivity index (χ2v) is 6.10. The lowest BCUT2D eigenvalue weighted by Crippen LogP contribution is -2.43. The molecule has 3 N–H and O–H groups in total. The highest BCUT2D eigenvalue weighted by Crippen LogP contribution is 2.27. The Morgan fingerprint density at radius 2 is 2.40 bits per heavy atom. The molecule has 1 aromatic rings. The summed E-state index contributed by atoms with van der Waals surface area (Å²) in [5, 5.41) is 13.0. The van der Waals surface area contributed by atoms with Crippen LogP contribution < -0.4 is 16.2 Å². The number of piperidine rings is 1. The normalized spacial score (nSPS) is 21.0. The number of aromatic nitrogens is 2. The van der Waals surface area contributed by atoms with Crippen molar-refractivity contribution < 1.29 is 5.11 Å². The standard InChI is InChI=1S/C13H21BrN4O2/c1-9(15)10-3-2-4-17(8-10)11-7-16-18(5-6-19)13(20)12(11)14/h7,9-10,19H,2-6,8,15H2,1H3. The number of nitrogens with zero attached hydrogens (tertiary/aromatic N) is 3. The predicted molar refractivity (Wildman–Crippen MR) is 81.9 cm³/mol. The highest BCUT2D eigenvalue weighted by Gasteiger charge is 2.25. The van der Waals surface area contributed by atoms with Crippen molar-refractivity contribution in [3.8, 4) is 0 Å². The Morgan fingerprint density at radius 3 is 3.05 bits per heavy atom. The summed E-state index contributed by atoms with van der Waals surface area (Å²) in [6.45, 7) is 3.89. The first-order valence-electron chi connectivity index (χ1n) is 6.91. The fourth-order valence-corrected chi connectivity index (χ4v) is 3.15. The molecule has 20 heavy (non-hydrogen) atoms. The van der Waals surface area contributed by atoms with Crippen LogP contribution in [0.25, 0.3) is 0 Å². The molecule has 6 nitrogen and oxygen atoms in total. The number of hydrogen-bond acceptors (Lipinski definition) is 5. The van der Waals surface area contributed by atoms with E-state index in [2.05, 4.69) is 25.9 Å². The highest BCUT2D eigenvalue weighted by atomic mass is 79.9. The quantitative estimate of drug-likeness (QED) is 0.833. The fourth-order valence-electron chi connectivity index (χ4n) is 2.59. The van der Waals surface area contributed by atoms with Crippen molar-refractivity contribution in [2.45, 2.75) is 32.4 Å². The minimum absolute atomic E-state index is 0.102. The highest BCUT2D eigenvalue weighted by molar-refractivity contribution is 9.10. The third kappa shape index (κ3) is 3.21. The molecule has 0 saturated carbocycles. The topological polar surface area (TPSA) is 84.4 Å². The number of aliphatic hydroxyl groups is 1. The summed E-state index contributed by atoms with van der Waals surface area (Å²) in [6, 6.07) is 0.152. The second kappa shape index (κ2) is 6.69. The van der Waals surface area contributed by atoms with Crippen molar-refractivity contribution in [2.24, 2.45) is 11.7 Å². The number of aliphatic hydroxyl groups excluding tert-OH is 1. The third-order valence-electron chi connectivity index (χ3n) is 3.82. The Bertz CT molecular complexity index is 518. The molecule has 2 atom stereocenters. The first-order valence-corrected chi connectivity index (χ1v) is 7.71. The molecule has 1 aliphatic heterocycles. The molecule has 0 bridgehead atoms. The Labute approximate surface area is 126 Å². The molecule has 1 saturated heterocycles. The van der Waals surface area contributed by atoms with Gasteiger partial charge in [-0.25, -0.2) is 4.68 Å². The monoisotopic (exact) mass is 344 g/mol. The van der Waals surface area contributed by atoms with Gasteiger partial charge in [0.1, 0.15) is 4.47 Å². The van der Waals surface area contributed by atoms with Crippen molar-refractivity contribution in [3.05, 3.63) is 21.0 Å². The number of anilines is 1. The van der Waals surface area contributed by atoms with E-state index in [0.29, 0.717) is 10.4 Å². The number of rotatable bonds is 4. The average molecular weight is 345 g/mol. The molecule has 2 heterocycles. The average Bonchev–Trinajstić information content (AvgIpc) is 2.44. The number of hydrogen-bond donors (Lipinski definition) is 2. The Morgan fingerprint density at radius 1 is 1.65 bits per heavy atom. The zero-order chi connectivity index (χ0) is 14.7. The Kier molecular flexibility index (Phi) is 5.17. The van der Waals surface area contributed by atoms with Gasteiger partial charge in [0.05, 0.1) is 25.0 Å². The van der Waals surface area contributed by atoms with Gasteiger partial charge in [-0.15, -0.1) is 0 Å². The van der Waals surface area contributed by atoms with Crippen LogP contribution in [0.2, 0.25) is 0 Å². The summed E-state index contributed by atoms with van der Waals surface area (Å²) in [7, 11) is 0. The van der Waals surface area contributed by atoms with E-state index < -0.39 is 0 Å². The summed E-state index contributed by atoms with van der Waals surface area (Å²) in [5.74, 6) is 0.440. The lowest BCUT2D eigenvalue weighted by atomic mass is 9.92. The van der Waals surface area contributed by atoms with E-state index in [0.717, 1.165) is 31.6 Å². The molecule has 0 radical (unpaired) electrons. The first-order chi connectivity index (χ1) is 9.54. The van der Waals surface area contributed by atoms with E-state index in [1.54, 1.807) is 6.20 Å². The fraction of sp³-hybridized carbons (Fsp3) is 0.692. The zero-order valence-corrected chi connectivity index (χ0v) is 13.2. The maximum absolute atomic E-state index is 12.1. The molecule has 7 heteroatoms.